The van der Waals surface area contributed by atoms with Crippen molar-refractivity contribution in [2.45, 2.75) is 27.2 Å². The predicted octanol–water partition coefficient (Wildman–Crippen LogP) is 5.05. The molecule has 2 nitrogen and oxygen atoms in total. The summed E-state index contributed by atoms with van der Waals surface area (Å²) in [5, 5.41) is 4.19. The Kier molecular flexibility index (Phi) is 8.66. The van der Waals surface area contributed by atoms with Crippen LogP contribution in [0, 0.1) is 6.92 Å². The summed E-state index contributed by atoms with van der Waals surface area (Å²) >= 11 is 15.0. The van der Waals surface area contributed by atoms with Crippen LogP contribution < -0.4 is 5.32 Å². The lowest BCUT2D eigenvalue weighted by molar-refractivity contribution is -0.115. The summed E-state index contributed by atoms with van der Waals surface area (Å²) in [7, 11) is 0. The fourth-order valence-corrected chi connectivity index (χ4v) is 1.87. The number of aryl methyl sites for hydroxylation is 1. The van der Waals surface area contributed by atoms with E-state index in [1.807, 2.05) is 26.8 Å². The highest BCUT2D eigenvalue weighted by molar-refractivity contribution is 9.09. The average molecular weight is 341 g/mol. The van der Waals surface area contributed by atoms with E-state index in [2.05, 4.69) is 21.2 Å². The second-order valence-corrected chi connectivity index (χ2v) is 4.62. The van der Waals surface area contributed by atoms with Gasteiger partial charge in [-0.25, -0.2) is 0 Å². The molecule has 1 aromatic rings. The predicted molar refractivity (Wildman–Crippen MR) is 79.6 cm³/mol. The summed E-state index contributed by atoms with van der Waals surface area (Å²) < 4.78 is 0. The molecule has 0 fully saturated rings. The lowest BCUT2D eigenvalue weighted by Gasteiger charge is -2.10. The van der Waals surface area contributed by atoms with Gasteiger partial charge in [-0.3, -0.25) is 4.79 Å². The van der Waals surface area contributed by atoms with E-state index in [0.29, 0.717) is 27.5 Å². The zero-order valence-corrected chi connectivity index (χ0v) is 13.2. The van der Waals surface area contributed by atoms with Crippen molar-refractivity contribution < 1.29 is 4.79 Å². The summed E-state index contributed by atoms with van der Waals surface area (Å²) in [6, 6.07) is 3.53. The number of hydrogen-bond donors (Lipinski definition) is 1. The minimum Gasteiger partial charge on any atom is -0.324 e. The van der Waals surface area contributed by atoms with Gasteiger partial charge in [-0.2, -0.15) is 0 Å². The van der Waals surface area contributed by atoms with E-state index >= 15 is 0 Å². The number of benzene rings is 1. The molecule has 96 valence electrons. The highest BCUT2D eigenvalue weighted by Gasteiger charge is 2.10. The van der Waals surface area contributed by atoms with E-state index in [-0.39, 0.29) is 5.91 Å². The molecule has 1 rings (SSSR count). The molecule has 0 saturated heterocycles. The molecule has 5 heteroatoms. The van der Waals surface area contributed by atoms with E-state index in [4.69, 9.17) is 23.2 Å². The number of amides is 1. The van der Waals surface area contributed by atoms with Gasteiger partial charge >= 0.3 is 0 Å². The van der Waals surface area contributed by atoms with Gasteiger partial charge < -0.3 is 5.32 Å². The molecule has 17 heavy (non-hydrogen) atoms. The maximum atomic E-state index is 11.4. The van der Waals surface area contributed by atoms with Crippen LogP contribution in [0.1, 0.15) is 25.8 Å². The smallest absolute Gasteiger partial charge is 0.225 e. The molecule has 0 bridgehead atoms. The van der Waals surface area contributed by atoms with Gasteiger partial charge in [0.05, 0.1) is 15.7 Å². The molecule has 1 N–H and O–H groups in total. The maximum Gasteiger partial charge on any atom is 0.225 e. The Bertz CT molecular complexity index is 383. The van der Waals surface area contributed by atoms with Crippen LogP contribution >= 0.6 is 39.1 Å². The molecule has 0 radical (unpaired) electrons. The minimum atomic E-state index is -0.0841. The first kappa shape index (κ1) is 16.8. The van der Waals surface area contributed by atoms with E-state index in [1.54, 1.807) is 6.07 Å². The van der Waals surface area contributed by atoms with E-state index < -0.39 is 0 Å². The zero-order valence-electron chi connectivity index (χ0n) is 10.1. The maximum absolute atomic E-state index is 11.4. The van der Waals surface area contributed by atoms with E-state index in [1.165, 1.54) is 0 Å². The average Bonchev–Trinajstić information content (AvgIpc) is 2.33. The zero-order chi connectivity index (χ0) is 13.4. The molecule has 1 aromatic carbocycles. The largest absolute Gasteiger partial charge is 0.324 e. The third kappa shape index (κ3) is 5.28. The molecule has 0 heterocycles. The van der Waals surface area contributed by atoms with Crippen LogP contribution in [-0.4, -0.2) is 11.2 Å². The van der Waals surface area contributed by atoms with Crippen LogP contribution in [0.25, 0.3) is 0 Å². The third-order valence-corrected chi connectivity index (χ3v) is 3.09. The van der Waals surface area contributed by atoms with Crippen molar-refractivity contribution in [3.63, 3.8) is 0 Å². The molecule has 0 aromatic heterocycles. The van der Waals surface area contributed by atoms with Crippen molar-refractivity contribution in [3.05, 3.63) is 27.7 Å². The van der Waals surface area contributed by atoms with Crippen LogP contribution in [0.3, 0.4) is 0 Å². The first-order valence-electron chi connectivity index (χ1n) is 5.36. The third-order valence-electron chi connectivity index (χ3n) is 1.89. The van der Waals surface area contributed by atoms with Crippen LogP contribution in [0.2, 0.25) is 10.0 Å². The Morgan fingerprint density at radius 2 is 1.94 bits per heavy atom. The van der Waals surface area contributed by atoms with Gasteiger partial charge in [0.15, 0.2) is 0 Å². The molecular weight excluding hydrogens is 325 g/mol. The normalized spacial score (nSPS) is 9.29. The standard InChI is InChI=1S/C10H10BrCl2NO.C2H6/c1-6-2-3-7(12)9(13)10(6)14-8(15)4-5-11;1-2/h2-3H,4-5H2,1H3,(H,14,15);1-2H3. The number of rotatable bonds is 3. The van der Waals surface area contributed by atoms with Crippen molar-refractivity contribution in [1.82, 2.24) is 0 Å². The first-order chi connectivity index (χ1) is 8.06. The van der Waals surface area contributed by atoms with Gasteiger partial charge in [0, 0.05) is 11.8 Å². The van der Waals surface area contributed by atoms with Crippen molar-refractivity contribution >= 4 is 50.7 Å². The number of alkyl halides is 1. The van der Waals surface area contributed by atoms with Crippen molar-refractivity contribution in [2.75, 3.05) is 10.6 Å². The molecular formula is C12H16BrCl2NO. The molecule has 0 saturated carbocycles. The number of carbonyl (C=O) groups excluding carboxylic acids is 1. The van der Waals surface area contributed by atoms with Gasteiger partial charge in [-0.15, -0.1) is 0 Å². The van der Waals surface area contributed by atoms with Gasteiger partial charge in [-0.05, 0) is 18.6 Å². The quantitative estimate of drug-likeness (QED) is 0.766. The fourth-order valence-electron chi connectivity index (χ4n) is 1.09. The van der Waals surface area contributed by atoms with E-state index in [9.17, 15) is 4.79 Å². The summed E-state index contributed by atoms with van der Waals surface area (Å²) in [5.74, 6) is -0.0841. The van der Waals surface area contributed by atoms with Crippen LogP contribution in [0.5, 0.6) is 0 Å². The monoisotopic (exact) mass is 339 g/mol. The highest BCUT2D eigenvalue weighted by atomic mass is 79.9. The summed E-state index contributed by atoms with van der Waals surface area (Å²) in [4.78, 5) is 11.4. The van der Waals surface area contributed by atoms with Gasteiger partial charge in [-0.1, -0.05) is 59.0 Å². The number of anilines is 1. The van der Waals surface area contributed by atoms with Crippen LogP contribution in [0.4, 0.5) is 5.69 Å². The Labute approximate surface area is 121 Å². The second kappa shape index (κ2) is 8.78. The van der Waals surface area contributed by atoms with Gasteiger partial charge in [0.1, 0.15) is 0 Å². The van der Waals surface area contributed by atoms with Gasteiger partial charge in [0.25, 0.3) is 0 Å². The molecule has 0 unspecified atom stereocenters. The SMILES string of the molecule is CC.Cc1ccc(Cl)c(Cl)c1NC(=O)CCBr. The molecule has 0 aliphatic carbocycles. The topological polar surface area (TPSA) is 29.1 Å². The minimum absolute atomic E-state index is 0.0841. The molecule has 0 aliphatic heterocycles. The lowest BCUT2D eigenvalue weighted by atomic mass is 10.2. The van der Waals surface area contributed by atoms with Crippen molar-refractivity contribution in [2.24, 2.45) is 0 Å². The Hall–Kier alpha value is -0.250. The van der Waals surface area contributed by atoms with E-state index in [0.717, 1.165) is 5.56 Å². The molecule has 1 amide bonds. The Morgan fingerprint density at radius 1 is 1.35 bits per heavy atom. The number of hydrogen-bond acceptors (Lipinski definition) is 1. The fraction of sp³-hybridized carbons (Fsp3) is 0.417. The highest BCUT2D eigenvalue weighted by Crippen LogP contribution is 2.32. The first-order valence-corrected chi connectivity index (χ1v) is 7.24. The number of halogens is 3. The molecule has 0 aliphatic rings. The number of carbonyl (C=O) groups is 1. The van der Waals surface area contributed by atoms with Crippen LogP contribution in [-0.2, 0) is 4.79 Å². The summed E-state index contributed by atoms with van der Waals surface area (Å²) in [6.07, 6.45) is 0.405. The lowest BCUT2D eigenvalue weighted by Crippen LogP contribution is -2.13. The summed E-state index contributed by atoms with van der Waals surface area (Å²) in [6.45, 7) is 5.87. The number of nitrogens with one attached hydrogen (secondary N) is 1. The molecule has 0 atom stereocenters. The Balaban J connectivity index is 0.00000121. The van der Waals surface area contributed by atoms with Crippen LogP contribution in [0.15, 0.2) is 12.1 Å². The van der Waals surface area contributed by atoms with Gasteiger partial charge in [0.2, 0.25) is 5.91 Å². The van der Waals surface area contributed by atoms with Crippen molar-refractivity contribution in [3.8, 4) is 0 Å². The molecule has 0 spiro atoms. The summed E-state index contributed by atoms with van der Waals surface area (Å²) in [5.41, 5.74) is 1.49. The van der Waals surface area contributed by atoms with Crippen molar-refractivity contribution in [1.29, 1.82) is 0 Å². The Morgan fingerprint density at radius 3 is 2.47 bits per heavy atom. The second-order valence-electron chi connectivity index (χ2n) is 3.04.